The van der Waals surface area contributed by atoms with E-state index in [4.69, 9.17) is 18.9 Å². The minimum atomic E-state index is -0.847. The average Bonchev–Trinajstić information content (AvgIpc) is 2.93. The summed E-state index contributed by atoms with van der Waals surface area (Å²) in [4.78, 5) is 36.1. The van der Waals surface area contributed by atoms with Gasteiger partial charge in [-0.15, -0.1) is 0 Å². The fourth-order valence-corrected chi connectivity index (χ4v) is 4.49. The molecular formula is C31H62IN3O7. The Labute approximate surface area is 273 Å². The van der Waals surface area contributed by atoms with Crippen molar-refractivity contribution in [3.63, 3.8) is 0 Å². The normalized spacial score (nSPS) is 12.5. The number of hydrogen-bond donors (Lipinski definition) is 2. The number of carbonyl (C=O) groups excluding carboxylic acids is 3. The Balaban J connectivity index is 0. The summed E-state index contributed by atoms with van der Waals surface area (Å²) in [5.74, 6) is -0.553. The molecule has 0 spiro atoms. The Morgan fingerprint density at radius 3 is 1.50 bits per heavy atom. The molecule has 2 N–H and O–H groups in total. The van der Waals surface area contributed by atoms with Crippen molar-refractivity contribution >= 4 is 18.2 Å². The van der Waals surface area contributed by atoms with Gasteiger partial charge in [-0.25, -0.2) is 14.4 Å². The number of methoxy groups -OCH3 is 2. The van der Waals surface area contributed by atoms with Gasteiger partial charge in [-0.3, -0.25) is 0 Å². The lowest BCUT2D eigenvalue weighted by Crippen LogP contribution is -3.00. The molecule has 0 fully saturated rings. The van der Waals surface area contributed by atoms with Gasteiger partial charge < -0.3 is 58.0 Å². The van der Waals surface area contributed by atoms with Crippen molar-refractivity contribution < 1.29 is 61.8 Å². The number of ether oxygens (including phenoxy) is 4. The molecule has 0 bridgehead atoms. The van der Waals surface area contributed by atoms with E-state index in [-0.39, 0.29) is 37.2 Å². The van der Waals surface area contributed by atoms with Crippen LogP contribution in [-0.2, 0) is 23.7 Å². The maximum absolute atomic E-state index is 12.2. The lowest BCUT2D eigenvalue weighted by atomic mass is 10.0. The number of alkyl carbamates (subject to hydrolysis) is 2. The van der Waals surface area contributed by atoms with Crippen molar-refractivity contribution in [1.29, 1.82) is 0 Å². The summed E-state index contributed by atoms with van der Waals surface area (Å²) in [6.07, 6.45) is 19.0. The topological polar surface area (TPSA) is 112 Å². The second kappa shape index (κ2) is 28.4. The number of nitrogens with zero attached hydrogens (tertiary/aromatic N) is 1. The molecule has 0 saturated carbocycles. The molecule has 0 aliphatic heterocycles. The van der Waals surface area contributed by atoms with Crippen LogP contribution in [0.1, 0.15) is 110 Å². The summed E-state index contributed by atoms with van der Waals surface area (Å²) in [7, 11) is 8.40. The van der Waals surface area contributed by atoms with Gasteiger partial charge in [0.2, 0.25) is 0 Å². The Morgan fingerprint density at radius 1 is 0.667 bits per heavy atom. The highest BCUT2D eigenvalue weighted by atomic mass is 127. The molecule has 250 valence electrons. The van der Waals surface area contributed by atoms with Crippen LogP contribution in [0.2, 0.25) is 0 Å². The summed E-state index contributed by atoms with van der Waals surface area (Å²) < 4.78 is 20.8. The van der Waals surface area contributed by atoms with E-state index in [2.05, 4.69) is 17.6 Å². The van der Waals surface area contributed by atoms with Crippen LogP contribution >= 0.6 is 0 Å². The largest absolute Gasteiger partial charge is 1.00 e. The summed E-state index contributed by atoms with van der Waals surface area (Å²) in [6, 6.07) is -0.847. The third-order valence-electron chi connectivity index (χ3n) is 6.94. The second-order valence-electron chi connectivity index (χ2n) is 12.0. The van der Waals surface area contributed by atoms with Crippen LogP contribution in [0.3, 0.4) is 0 Å². The molecule has 2 atom stereocenters. The average molecular weight is 716 g/mol. The molecule has 10 nitrogen and oxygen atoms in total. The van der Waals surface area contributed by atoms with E-state index in [1.54, 1.807) is 0 Å². The van der Waals surface area contributed by atoms with Gasteiger partial charge in [0, 0.05) is 13.7 Å². The maximum atomic E-state index is 12.2. The quantitative estimate of drug-likeness (QED) is 0.0466. The van der Waals surface area contributed by atoms with E-state index in [1.165, 1.54) is 104 Å². The minimum Gasteiger partial charge on any atom is -1.00 e. The fourth-order valence-electron chi connectivity index (χ4n) is 4.49. The molecule has 0 aromatic carbocycles. The first-order valence-electron chi connectivity index (χ1n) is 15.9. The molecule has 2 amide bonds. The fraction of sp³-hybridized carbons (Fsp3) is 0.903. The number of hydrogen-bond acceptors (Lipinski definition) is 7. The van der Waals surface area contributed by atoms with Gasteiger partial charge in [0.1, 0.15) is 25.9 Å². The highest BCUT2D eigenvalue weighted by Crippen LogP contribution is 2.13. The van der Waals surface area contributed by atoms with Crippen molar-refractivity contribution in [3.05, 3.63) is 0 Å². The third-order valence-corrected chi connectivity index (χ3v) is 6.94. The number of unbranched alkanes of at least 4 members (excludes halogenated alkanes) is 15. The molecule has 0 radical (unpaired) electrons. The monoisotopic (exact) mass is 715 g/mol. The van der Waals surface area contributed by atoms with E-state index in [9.17, 15) is 14.4 Å². The first kappa shape index (κ1) is 42.8. The number of halogens is 1. The molecule has 0 heterocycles. The van der Waals surface area contributed by atoms with Crippen LogP contribution in [0.15, 0.2) is 0 Å². The molecule has 0 aliphatic carbocycles. The van der Waals surface area contributed by atoms with Gasteiger partial charge >= 0.3 is 18.2 Å². The molecule has 0 rings (SSSR count). The van der Waals surface area contributed by atoms with Gasteiger partial charge in [0.15, 0.2) is 6.04 Å². The second-order valence-corrected chi connectivity index (χ2v) is 12.0. The SMILES string of the molecule is CCCCCCCCCCCCCCCCCCNC(=O)OCC(COC(=O)NC(C[N+](C)(C)C)C(=O)OC)OC.[I-]. The zero-order chi connectivity index (χ0) is 30.8. The van der Waals surface area contributed by atoms with Gasteiger partial charge in [0.25, 0.3) is 0 Å². The Hall–Kier alpha value is -1.34. The van der Waals surface area contributed by atoms with E-state index in [0.717, 1.165) is 12.8 Å². The van der Waals surface area contributed by atoms with E-state index >= 15 is 0 Å². The maximum Gasteiger partial charge on any atom is 0.408 e. The molecule has 42 heavy (non-hydrogen) atoms. The Bertz CT molecular complexity index is 677. The summed E-state index contributed by atoms with van der Waals surface area (Å²) in [5, 5.41) is 5.27. The molecule has 2 unspecified atom stereocenters. The van der Waals surface area contributed by atoms with E-state index in [0.29, 0.717) is 17.6 Å². The zero-order valence-electron chi connectivity index (χ0n) is 27.5. The van der Waals surface area contributed by atoms with Crippen LogP contribution in [0.4, 0.5) is 9.59 Å². The van der Waals surface area contributed by atoms with Crippen LogP contribution < -0.4 is 34.6 Å². The van der Waals surface area contributed by atoms with Crippen molar-refractivity contribution in [2.75, 3.05) is 61.7 Å². The van der Waals surface area contributed by atoms with Gasteiger partial charge in [-0.2, -0.15) is 0 Å². The van der Waals surface area contributed by atoms with Crippen LogP contribution in [-0.4, -0.2) is 96.5 Å². The van der Waals surface area contributed by atoms with Gasteiger partial charge in [-0.1, -0.05) is 103 Å². The number of likely N-dealkylation sites (N-methyl/N-ethyl adjacent to an activating group) is 1. The minimum absolute atomic E-state index is 0. The number of carbonyl (C=O) groups is 3. The van der Waals surface area contributed by atoms with E-state index < -0.39 is 30.3 Å². The molecule has 0 saturated heterocycles. The predicted molar refractivity (Wildman–Crippen MR) is 163 cm³/mol. The van der Waals surface area contributed by atoms with Gasteiger partial charge in [0.05, 0.1) is 28.3 Å². The van der Waals surface area contributed by atoms with Crippen LogP contribution in [0, 0.1) is 0 Å². The standard InChI is InChI=1S/C31H61N3O7.HI/c1-7-8-9-10-11-12-13-14-15-16-17-18-19-20-21-22-23-32-30(36)40-25-27(38-5)26-41-31(37)33-28(29(35)39-6)24-34(2,3)4;/h27-28H,7-26H2,1-6H3,(H-,32,33,36,37);1H. The van der Waals surface area contributed by atoms with Crippen molar-refractivity contribution in [2.45, 2.75) is 122 Å². The number of nitrogens with one attached hydrogen (secondary N) is 2. The number of quaternary nitrogens is 1. The first-order chi connectivity index (χ1) is 19.6. The highest BCUT2D eigenvalue weighted by Gasteiger charge is 2.28. The molecule has 0 aliphatic rings. The first-order valence-corrected chi connectivity index (χ1v) is 15.9. The Morgan fingerprint density at radius 2 is 1.10 bits per heavy atom. The van der Waals surface area contributed by atoms with Crippen molar-refractivity contribution in [3.8, 4) is 0 Å². The summed E-state index contributed by atoms with van der Waals surface area (Å²) in [6.45, 7) is 2.97. The van der Waals surface area contributed by atoms with Crippen LogP contribution in [0.5, 0.6) is 0 Å². The molecule has 11 heteroatoms. The summed E-state index contributed by atoms with van der Waals surface area (Å²) >= 11 is 0. The highest BCUT2D eigenvalue weighted by molar-refractivity contribution is 5.81. The third kappa shape index (κ3) is 27.5. The number of rotatable bonds is 26. The Kier molecular flexibility index (Phi) is 29.0. The van der Waals surface area contributed by atoms with Gasteiger partial charge in [-0.05, 0) is 6.42 Å². The zero-order valence-corrected chi connectivity index (χ0v) is 29.6. The van der Waals surface area contributed by atoms with Crippen molar-refractivity contribution in [1.82, 2.24) is 10.6 Å². The number of esters is 1. The number of amides is 2. The predicted octanol–water partition coefficient (Wildman–Crippen LogP) is 2.97. The summed E-state index contributed by atoms with van der Waals surface area (Å²) in [5.41, 5.74) is 0. The lowest BCUT2D eigenvalue weighted by molar-refractivity contribution is -0.870. The van der Waals surface area contributed by atoms with Crippen LogP contribution in [0.25, 0.3) is 0 Å². The lowest BCUT2D eigenvalue weighted by Gasteiger charge is -2.28. The molecule has 0 aromatic heterocycles. The molecule has 0 aromatic rings. The van der Waals surface area contributed by atoms with Crippen molar-refractivity contribution in [2.24, 2.45) is 0 Å². The van der Waals surface area contributed by atoms with E-state index in [1.807, 2.05) is 21.1 Å². The molecular weight excluding hydrogens is 653 g/mol. The smallest absolute Gasteiger partial charge is 0.408 e.